The van der Waals surface area contributed by atoms with E-state index in [1.54, 1.807) is 0 Å². The molecule has 0 fully saturated rings. The summed E-state index contributed by atoms with van der Waals surface area (Å²) in [5.41, 5.74) is 0. The van der Waals surface area contributed by atoms with Crippen molar-refractivity contribution in [3.63, 3.8) is 0 Å². The Labute approximate surface area is 110 Å². The van der Waals surface area contributed by atoms with Crippen molar-refractivity contribution in [2.24, 2.45) is 5.92 Å². The van der Waals surface area contributed by atoms with Crippen LogP contribution in [0.5, 0.6) is 0 Å². The molecule has 0 aromatic rings. The molecule has 0 amide bonds. The van der Waals surface area contributed by atoms with E-state index in [0.29, 0.717) is 0 Å². The first-order valence-corrected chi connectivity index (χ1v) is 6.33. The maximum absolute atomic E-state index is 12.3. The highest BCUT2D eigenvalue weighted by Crippen LogP contribution is 2.34. The van der Waals surface area contributed by atoms with E-state index < -0.39 is 41.5 Å². The van der Waals surface area contributed by atoms with Crippen molar-refractivity contribution < 1.29 is 47.9 Å². The summed E-state index contributed by atoms with van der Waals surface area (Å²) in [6.07, 6.45) is -11.9. The maximum atomic E-state index is 12.3. The van der Waals surface area contributed by atoms with Gasteiger partial charge in [0.25, 0.3) is 0 Å². The van der Waals surface area contributed by atoms with Crippen LogP contribution >= 0.6 is 0 Å². The van der Waals surface area contributed by atoms with E-state index in [-0.39, 0.29) is 6.42 Å². The van der Waals surface area contributed by atoms with Gasteiger partial charge in [-0.25, -0.2) is 4.39 Å². The van der Waals surface area contributed by atoms with Crippen LogP contribution in [0.1, 0.15) is 20.3 Å². The molecule has 0 aromatic carbocycles. The Morgan fingerprint density at radius 3 is 1.75 bits per heavy atom. The first-order chi connectivity index (χ1) is 8.64. The van der Waals surface area contributed by atoms with Crippen molar-refractivity contribution in [3.8, 4) is 0 Å². The van der Waals surface area contributed by atoms with Crippen LogP contribution in [0.3, 0.4) is 0 Å². The largest absolute Gasteiger partial charge is 0.435 e. The van der Waals surface area contributed by atoms with Gasteiger partial charge in [0.2, 0.25) is 0 Å². The fourth-order valence-electron chi connectivity index (χ4n) is 0.937. The molecule has 124 valence electrons. The molecular weight excluding hydrogens is 325 g/mol. The minimum atomic E-state index is -5.17. The monoisotopic (exact) mass is 338 g/mol. The third-order valence-corrected chi connectivity index (χ3v) is 1.94. The zero-order valence-electron chi connectivity index (χ0n) is 10.3. The Bertz CT molecular complexity index is 360. The summed E-state index contributed by atoms with van der Waals surface area (Å²) < 4.78 is 111. The Balaban J connectivity index is 0. The highest BCUT2D eigenvalue weighted by Gasteiger charge is 2.49. The normalized spacial score (nSPS) is 16.1. The molecule has 12 heteroatoms. The standard InChI is InChI=1S/C8H12F6O.FHO3S/c1-3-5(2)6(8(12,13)14)15-7(10,11)4-9;1-5(2,3)4/h5-6H,3-4H2,1-2H3;(H,2,3,4). The van der Waals surface area contributed by atoms with Crippen molar-refractivity contribution >= 4 is 10.5 Å². The zero-order valence-corrected chi connectivity index (χ0v) is 11.1. The quantitative estimate of drug-likeness (QED) is 0.475. The van der Waals surface area contributed by atoms with Gasteiger partial charge in [-0.15, -0.1) is 0 Å². The molecule has 0 aromatic heterocycles. The fourth-order valence-corrected chi connectivity index (χ4v) is 0.937. The van der Waals surface area contributed by atoms with Crippen LogP contribution in [-0.2, 0) is 15.2 Å². The van der Waals surface area contributed by atoms with Gasteiger partial charge in [0.05, 0.1) is 0 Å². The van der Waals surface area contributed by atoms with Crippen LogP contribution in [0.25, 0.3) is 0 Å². The van der Waals surface area contributed by atoms with Crippen molar-refractivity contribution in [1.29, 1.82) is 0 Å². The molecule has 0 heterocycles. The van der Waals surface area contributed by atoms with E-state index in [0.717, 1.165) is 6.92 Å². The molecule has 0 spiro atoms. The topological polar surface area (TPSA) is 63.6 Å². The predicted octanol–water partition coefficient (Wildman–Crippen LogP) is 3.30. The minimum Gasteiger partial charge on any atom is -0.305 e. The Morgan fingerprint density at radius 1 is 1.20 bits per heavy atom. The average Bonchev–Trinajstić information content (AvgIpc) is 2.21. The molecule has 1 N–H and O–H groups in total. The first kappa shape index (κ1) is 21.7. The summed E-state index contributed by atoms with van der Waals surface area (Å²) in [7, 11) is -5.17. The van der Waals surface area contributed by atoms with Crippen LogP contribution in [0.15, 0.2) is 0 Å². The highest BCUT2D eigenvalue weighted by molar-refractivity contribution is 7.80. The van der Waals surface area contributed by atoms with Crippen molar-refractivity contribution in [2.45, 2.75) is 38.7 Å². The molecule has 0 aliphatic heterocycles. The van der Waals surface area contributed by atoms with Gasteiger partial charge in [0, 0.05) is 0 Å². The summed E-state index contributed by atoms with van der Waals surface area (Å²) in [6, 6.07) is 0. The lowest BCUT2D eigenvalue weighted by Gasteiger charge is -2.28. The van der Waals surface area contributed by atoms with E-state index in [1.807, 2.05) is 0 Å². The number of alkyl halides is 6. The molecule has 0 rings (SSSR count). The van der Waals surface area contributed by atoms with E-state index in [9.17, 15) is 30.2 Å². The van der Waals surface area contributed by atoms with Gasteiger partial charge in [-0.3, -0.25) is 4.55 Å². The molecule has 4 nitrogen and oxygen atoms in total. The number of hydrogen-bond acceptors (Lipinski definition) is 3. The van der Waals surface area contributed by atoms with Crippen LogP contribution in [0.2, 0.25) is 0 Å². The van der Waals surface area contributed by atoms with Crippen molar-refractivity contribution in [3.05, 3.63) is 0 Å². The molecule has 2 atom stereocenters. The van der Waals surface area contributed by atoms with Gasteiger partial charge in [0.1, 0.15) is 0 Å². The van der Waals surface area contributed by atoms with E-state index >= 15 is 0 Å². The van der Waals surface area contributed by atoms with Gasteiger partial charge in [-0.1, -0.05) is 24.2 Å². The third kappa shape index (κ3) is 12.4. The second-order valence-corrected chi connectivity index (χ2v) is 4.47. The SMILES string of the molecule is CCC(C)C(OC(F)(F)CF)C(F)(F)F.O=S(=O)(O)F. The highest BCUT2D eigenvalue weighted by atomic mass is 32.3. The van der Waals surface area contributed by atoms with E-state index in [1.165, 1.54) is 6.92 Å². The Kier molecular flexibility index (Phi) is 8.65. The molecule has 0 saturated heterocycles. The number of rotatable bonds is 5. The lowest BCUT2D eigenvalue weighted by atomic mass is 10.0. The zero-order chi connectivity index (χ0) is 16.8. The average molecular weight is 338 g/mol. The molecule has 0 aliphatic rings. The van der Waals surface area contributed by atoms with Gasteiger partial charge >= 0.3 is 22.8 Å². The van der Waals surface area contributed by atoms with Crippen molar-refractivity contribution in [1.82, 2.24) is 0 Å². The molecule has 0 saturated carbocycles. The molecular formula is C8H13F7O4S. The number of ether oxygens (including phenoxy) is 1. The van der Waals surface area contributed by atoms with E-state index in [4.69, 9.17) is 13.0 Å². The minimum absolute atomic E-state index is 0.00649. The molecule has 0 aliphatic carbocycles. The molecule has 2 unspecified atom stereocenters. The smallest absolute Gasteiger partial charge is 0.305 e. The van der Waals surface area contributed by atoms with Gasteiger partial charge in [-0.05, 0) is 5.92 Å². The maximum Gasteiger partial charge on any atom is 0.435 e. The Hall–Kier alpha value is -0.620. The van der Waals surface area contributed by atoms with Crippen LogP contribution < -0.4 is 0 Å². The second kappa shape index (κ2) is 7.98. The van der Waals surface area contributed by atoms with E-state index in [2.05, 4.69) is 4.74 Å². The van der Waals surface area contributed by atoms with Gasteiger partial charge < -0.3 is 4.74 Å². The van der Waals surface area contributed by atoms with Crippen LogP contribution in [-0.4, -0.2) is 38.0 Å². The van der Waals surface area contributed by atoms with Crippen molar-refractivity contribution in [2.75, 3.05) is 6.67 Å². The second-order valence-electron chi connectivity index (χ2n) is 3.65. The molecule has 20 heavy (non-hydrogen) atoms. The third-order valence-electron chi connectivity index (χ3n) is 1.94. The van der Waals surface area contributed by atoms with Gasteiger partial charge in [0.15, 0.2) is 12.8 Å². The van der Waals surface area contributed by atoms with Crippen LogP contribution in [0.4, 0.5) is 30.2 Å². The first-order valence-electron chi connectivity index (χ1n) is 4.99. The Morgan fingerprint density at radius 2 is 1.55 bits per heavy atom. The predicted molar refractivity (Wildman–Crippen MR) is 54.0 cm³/mol. The summed E-state index contributed by atoms with van der Waals surface area (Å²) in [6.45, 7) is 0.253. The molecule has 0 bridgehead atoms. The summed E-state index contributed by atoms with van der Waals surface area (Å²) >= 11 is 0. The number of halogens is 7. The summed E-state index contributed by atoms with van der Waals surface area (Å²) in [5, 5.41) is 0. The lowest BCUT2D eigenvalue weighted by molar-refractivity contribution is -0.338. The fraction of sp³-hybridized carbons (Fsp3) is 1.00. The van der Waals surface area contributed by atoms with Crippen LogP contribution in [0, 0.1) is 5.92 Å². The van der Waals surface area contributed by atoms with Gasteiger partial charge in [-0.2, -0.15) is 30.4 Å². The summed E-state index contributed by atoms with van der Waals surface area (Å²) in [5.74, 6) is -1.15. The molecule has 0 radical (unpaired) electrons. The lowest BCUT2D eigenvalue weighted by Crippen LogP contribution is -2.43. The number of hydrogen-bond donors (Lipinski definition) is 1. The summed E-state index contributed by atoms with van der Waals surface area (Å²) in [4.78, 5) is 0.